The van der Waals surface area contributed by atoms with E-state index in [0.29, 0.717) is 16.4 Å². The number of hydrogen-bond acceptors (Lipinski definition) is 5. The third kappa shape index (κ3) is 5.78. The van der Waals surface area contributed by atoms with E-state index in [1.165, 1.54) is 29.9 Å². The molecular weight excluding hydrogens is 492 g/mol. The smallest absolute Gasteiger partial charge is 0.269 e. The largest absolute Gasteiger partial charge is 0.354 e. The van der Waals surface area contributed by atoms with Crippen LogP contribution in [0.4, 0.5) is 5.69 Å². The van der Waals surface area contributed by atoms with Gasteiger partial charge in [-0.2, -0.15) is 5.10 Å². The molecule has 2 N–H and O–H groups in total. The summed E-state index contributed by atoms with van der Waals surface area (Å²) < 4.78 is 3.07. The van der Waals surface area contributed by atoms with Gasteiger partial charge in [0.15, 0.2) is 0 Å². The molecule has 0 bridgehead atoms. The van der Waals surface area contributed by atoms with Crippen LogP contribution in [-0.2, 0) is 18.3 Å². The van der Waals surface area contributed by atoms with E-state index < -0.39 is 11.9 Å². The van der Waals surface area contributed by atoms with Gasteiger partial charge in [0.05, 0.1) is 17.6 Å². The lowest BCUT2D eigenvalue weighted by Gasteiger charge is -2.21. The molecule has 0 saturated carbocycles. The SMILES string of the molecule is CNC(=O)c1ccc(NC(=O)C(Cc2ccn(C)n2)n2cc(C)c(-c3cc(Cl)ccc3C)cc2=O)cn1. The highest BCUT2D eigenvalue weighted by Crippen LogP contribution is 2.29. The zero-order valence-corrected chi connectivity index (χ0v) is 21.7. The minimum atomic E-state index is -0.880. The van der Waals surface area contributed by atoms with Gasteiger partial charge >= 0.3 is 0 Å². The number of rotatable bonds is 7. The summed E-state index contributed by atoms with van der Waals surface area (Å²) in [7, 11) is 3.30. The molecule has 190 valence electrons. The minimum Gasteiger partial charge on any atom is -0.354 e. The molecule has 1 atom stereocenters. The molecule has 0 aliphatic rings. The van der Waals surface area contributed by atoms with E-state index in [9.17, 15) is 14.4 Å². The van der Waals surface area contributed by atoms with Crippen molar-refractivity contribution >= 4 is 29.1 Å². The van der Waals surface area contributed by atoms with Crippen molar-refractivity contribution in [1.29, 1.82) is 0 Å². The van der Waals surface area contributed by atoms with Crippen LogP contribution in [0.1, 0.15) is 33.4 Å². The van der Waals surface area contributed by atoms with Gasteiger partial charge < -0.3 is 15.2 Å². The molecule has 0 aliphatic carbocycles. The van der Waals surface area contributed by atoms with E-state index in [1.54, 1.807) is 36.3 Å². The molecule has 0 fully saturated rings. The monoisotopic (exact) mass is 518 g/mol. The average molecular weight is 519 g/mol. The van der Waals surface area contributed by atoms with Gasteiger partial charge in [-0.25, -0.2) is 4.98 Å². The first kappa shape index (κ1) is 25.8. The summed E-state index contributed by atoms with van der Waals surface area (Å²) in [6.45, 7) is 3.85. The van der Waals surface area contributed by atoms with Crippen molar-refractivity contribution < 1.29 is 9.59 Å². The van der Waals surface area contributed by atoms with Gasteiger partial charge in [0.2, 0.25) is 5.91 Å². The quantitative estimate of drug-likeness (QED) is 0.387. The molecule has 1 unspecified atom stereocenters. The Kier molecular flexibility index (Phi) is 7.54. The molecule has 0 aliphatic heterocycles. The Morgan fingerprint density at radius 1 is 1.05 bits per heavy atom. The highest BCUT2D eigenvalue weighted by atomic mass is 35.5. The van der Waals surface area contributed by atoms with Gasteiger partial charge in [-0.1, -0.05) is 17.7 Å². The average Bonchev–Trinajstić information content (AvgIpc) is 3.30. The van der Waals surface area contributed by atoms with Crippen LogP contribution < -0.4 is 16.2 Å². The Hall–Kier alpha value is -4.24. The number of aromatic nitrogens is 4. The van der Waals surface area contributed by atoms with Crippen molar-refractivity contribution in [2.24, 2.45) is 7.05 Å². The molecule has 10 heteroatoms. The number of aryl methyl sites for hydroxylation is 3. The fourth-order valence-electron chi connectivity index (χ4n) is 4.12. The lowest BCUT2D eigenvalue weighted by molar-refractivity contribution is -0.119. The lowest BCUT2D eigenvalue weighted by Crippen LogP contribution is -2.35. The number of hydrogen-bond donors (Lipinski definition) is 2. The summed E-state index contributed by atoms with van der Waals surface area (Å²) in [6, 6.07) is 11.1. The Morgan fingerprint density at radius 2 is 1.81 bits per heavy atom. The Morgan fingerprint density at radius 3 is 2.46 bits per heavy atom. The number of carbonyl (C=O) groups is 2. The van der Waals surface area contributed by atoms with Crippen molar-refractivity contribution in [3.8, 4) is 11.1 Å². The topological polar surface area (TPSA) is 111 Å². The van der Waals surface area contributed by atoms with Crippen LogP contribution in [0.3, 0.4) is 0 Å². The summed E-state index contributed by atoms with van der Waals surface area (Å²) in [5.41, 5.74) is 4.39. The first-order valence-corrected chi connectivity index (χ1v) is 12.0. The summed E-state index contributed by atoms with van der Waals surface area (Å²) >= 11 is 6.21. The molecule has 0 spiro atoms. The molecule has 1 aromatic carbocycles. The number of carbonyl (C=O) groups excluding carboxylic acids is 2. The Bertz CT molecular complexity index is 1520. The molecule has 3 heterocycles. The fourth-order valence-corrected chi connectivity index (χ4v) is 4.29. The van der Waals surface area contributed by atoms with E-state index in [0.717, 1.165) is 22.3 Å². The summed E-state index contributed by atoms with van der Waals surface area (Å²) in [6.07, 6.45) is 5.08. The number of pyridine rings is 2. The first-order valence-electron chi connectivity index (χ1n) is 11.6. The fraction of sp³-hybridized carbons (Fsp3) is 0.222. The maximum Gasteiger partial charge on any atom is 0.269 e. The van der Waals surface area contributed by atoms with Gasteiger partial charge in [0.1, 0.15) is 11.7 Å². The Balaban J connectivity index is 1.71. The van der Waals surface area contributed by atoms with Gasteiger partial charge in [-0.3, -0.25) is 19.1 Å². The highest BCUT2D eigenvalue weighted by Gasteiger charge is 2.25. The van der Waals surface area contributed by atoms with Crippen molar-refractivity contribution in [2.75, 3.05) is 12.4 Å². The van der Waals surface area contributed by atoms with Crippen molar-refractivity contribution in [2.45, 2.75) is 26.3 Å². The molecule has 0 radical (unpaired) electrons. The normalized spacial score (nSPS) is 11.7. The zero-order valence-electron chi connectivity index (χ0n) is 20.9. The molecule has 2 amide bonds. The lowest BCUT2D eigenvalue weighted by atomic mass is 9.97. The minimum absolute atomic E-state index is 0.200. The molecule has 0 saturated heterocycles. The van der Waals surface area contributed by atoms with Crippen LogP contribution >= 0.6 is 11.6 Å². The number of amides is 2. The predicted molar refractivity (Wildman–Crippen MR) is 143 cm³/mol. The first-order chi connectivity index (χ1) is 17.7. The third-order valence-corrected chi connectivity index (χ3v) is 6.31. The summed E-state index contributed by atoms with van der Waals surface area (Å²) in [5.74, 6) is -0.740. The second-order valence-electron chi connectivity index (χ2n) is 8.78. The van der Waals surface area contributed by atoms with Crippen LogP contribution in [-0.4, -0.2) is 38.2 Å². The molecule has 4 rings (SSSR count). The number of nitrogens with one attached hydrogen (secondary N) is 2. The predicted octanol–water partition coefficient (Wildman–Crippen LogP) is 3.70. The van der Waals surface area contributed by atoms with Gasteiger partial charge in [-0.15, -0.1) is 0 Å². The Labute approximate surface area is 219 Å². The van der Waals surface area contributed by atoms with Crippen LogP contribution in [0.2, 0.25) is 5.02 Å². The van der Waals surface area contributed by atoms with Crippen LogP contribution in [0.15, 0.2) is 65.8 Å². The second kappa shape index (κ2) is 10.8. The maximum atomic E-state index is 13.5. The van der Waals surface area contributed by atoms with Crippen LogP contribution in [0.5, 0.6) is 0 Å². The van der Waals surface area contributed by atoms with Crippen LogP contribution in [0, 0.1) is 13.8 Å². The summed E-state index contributed by atoms with van der Waals surface area (Å²) in [5, 5.41) is 10.3. The third-order valence-electron chi connectivity index (χ3n) is 6.07. The molecule has 9 nitrogen and oxygen atoms in total. The van der Waals surface area contributed by atoms with E-state index in [-0.39, 0.29) is 23.6 Å². The molecule has 37 heavy (non-hydrogen) atoms. The maximum absolute atomic E-state index is 13.5. The van der Waals surface area contributed by atoms with E-state index in [1.807, 2.05) is 32.0 Å². The van der Waals surface area contributed by atoms with Crippen molar-refractivity contribution in [3.63, 3.8) is 0 Å². The number of nitrogens with zero attached hydrogens (tertiary/aromatic N) is 4. The van der Waals surface area contributed by atoms with E-state index >= 15 is 0 Å². The summed E-state index contributed by atoms with van der Waals surface area (Å²) in [4.78, 5) is 42.7. The van der Waals surface area contributed by atoms with Crippen molar-refractivity contribution in [3.05, 3.63) is 98.9 Å². The van der Waals surface area contributed by atoms with E-state index in [4.69, 9.17) is 11.6 Å². The highest BCUT2D eigenvalue weighted by molar-refractivity contribution is 6.30. The standard InChI is InChI=1S/C27H27ClN6O3/c1-16-5-6-18(28)11-21(16)22-13-25(35)34(15-17(22)2)24(12-19-9-10-33(4)32-19)27(37)31-20-7-8-23(30-14-20)26(36)29-3/h5-11,13-15,24H,12H2,1-4H3,(H,29,36)(H,31,37). The van der Waals surface area contributed by atoms with Crippen molar-refractivity contribution in [1.82, 2.24) is 24.6 Å². The van der Waals surface area contributed by atoms with Gasteiger partial charge in [-0.05, 0) is 66.4 Å². The number of halogens is 1. The zero-order chi connectivity index (χ0) is 26.7. The second-order valence-corrected chi connectivity index (χ2v) is 9.21. The van der Waals surface area contributed by atoms with Gasteiger partial charge in [0.25, 0.3) is 11.5 Å². The van der Waals surface area contributed by atoms with Crippen LogP contribution in [0.25, 0.3) is 11.1 Å². The molecular formula is C27H27ClN6O3. The molecule has 4 aromatic rings. The molecule has 3 aromatic heterocycles. The van der Waals surface area contributed by atoms with Gasteiger partial charge in [0, 0.05) is 44.0 Å². The number of benzene rings is 1. The number of anilines is 1. The van der Waals surface area contributed by atoms with E-state index in [2.05, 4.69) is 20.7 Å².